The highest BCUT2D eigenvalue weighted by Crippen LogP contribution is 2.31. The zero-order valence-electron chi connectivity index (χ0n) is 29.6. The molecule has 1 saturated heterocycles. The molecule has 5 aromatic rings. The Morgan fingerprint density at radius 2 is 1.65 bits per heavy atom. The van der Waals surface area contributed by atoms with E-state index in [0.29, 0.717) is 22.7 Å². The van der Waals surface area contributed by atoms with Crippen LogP contribution in [0.15, 0.2) is 97.3 Å². The molecule has 0 radical (unpaired) electrons. The summed E-state index contributed by atoms with van der Waals surface area (Å²) in [5.41, 5.74) is 8.83. The smallest absolute Gasteiger partial charge is 0.293 e. The van der Waals surface area contributed by atoms with Crippen molar-refractivity contribution in [2.75, 3.05) is 45.6 Å². The first kappa shape index (κ1) is 35.4. The Balaban J connectivity index is 0.000000176. The van der Waals surface area contributed by atoms with Gasteiger partial charge in [0.05, 0.1) is 16.0 Å². The van der Waals surface area contributed by atoms with Crippen molar-refractivity contribution in [2.45, 2.75) is 39.0 Å². The molecule has 0 spiro atoms. The van der Waals surface area contributed by atoms with Gasteiger partial charge in [-0.2, -0.15) is 0 Å². The number of likely N-dealkylation sites (N-methyl/N-ethyl adjacent to an activating group) is 2. The van der Waals surface area contributed by atoms with Gasteiger partial charge < -0.3 is 15.1 Å². The van der Waals surface area contributed by atoms with E-state index in [1.54, 1.807) is 19.1 Å². The van der Waals surface area contributed by atoms with Gasteiger partial charge in [0.25, 0.3) is 5.69 Å². The molecule has 3 heterocycles. The fourth-order valence-corrected chi connectivity index (χ4v) is 6.87. The predicted octanol–water partition coefficient (Wildman–Crippen LogP) is 8.30. The van der Waals surface area contributed by atoms with Crippen LogP contribution < -0.4 is 5.32 Å². The number of nitro groups is 1. The lowest BCUT2D eigenvalue weighted by atomic mass is 9.90. The van der Waals surface area contributed by atoms with E-state index in [0.717, 1.165) is 54.0 Å². The molecule has 262 valence electrons. The van der Waals surface area contributed by atoms with E-state index in [4.69, 9.17) is 0 Å². The molecule has 1 aromatic heterocycles. The zero-order chi connectivity index (χ0) is 36.1. The third-order valence-electron chi connectivity index (χ3n) is 9.65. The second-order valence-electron chi connectivity index (χ2n) is 13.6. The molecule has 2 aliphatic rings. The number of imidazole rings is 1. The SMILES string of the molecule is CC(=O)c1ccc(Nc2cccc(C3=CCCN(C)C3)c2)c([N+](=O)[O-])c1.CC(=O)c1ccc2c(c1)ncn2-c1cccc(C2CCCN(C)C2)c1. The summed E-state index contributed by atoms with van der Waals surface area (Å²) in [6.45, 7) is 7.23. The number of ketones is 2. The Hall–Kier alpha value is -5.45. The molecule has 1 N–H and O–H groups in total. The van der Waals surface area contributed by atoms with Crippen LogP contribution >= 0.6 is 0 Å². The fourth-order valence-electron chi connectivity index (χ4n) is 6.87. The molecule has 4 aromatic carbocycles. The molecule has 2 aliphatic heterocycles. The minimum atomic E-state index is -0.475. The van der Waals surface area contributed by atoms with Gasteiger partial charge in [-0.05, 0) is 131 Å². The van der Waals surface area contributed by atoms with Crippen LogP contribution in [0, 0.1) is 10.1 Å². The second-order valence-corrected chi connectivity index (χ2v) is 13.6. The summed E-state index contributed by atoms with van der Waals surface area (Å²) in [6, 6.07) is 26.8. The van der Waals surface area contributed by atoms with Crippen LogP contribution in [0.3, 0.4) is 0 Å². The summed E-state index contributed by atoms with van der Waals surface area (Å²) in [7, 11) is 4.29. The number of Topliss-reactive ketones (excluding diaryl/α,β-unsaturated/α-hetero) is 2. The molecule has 0 amide bonds. The second kappa shape index (κ2) is 15.6. The van der Waals surface area contributed by atoms with Gasteiger partial charge in [0.1, 0.15) is 12.0 Å². The Morgan fingerprint density at radius 1 is 0.882 bits per heavy atom. The molecule has 0 saturated carbocycles. The third-order valence-corrected chi connectivity index (χ3v) is 9.65. The van der Waals surface area contributed by atoms with Crippen LogP contribution in [0.4, 0.5) is 17.1 Å². The topological polar surface area (TPSA) is 114 Å². The van der Waals surface area contributed by atoms with Crippen molar-refractivity contribution in [1.29, 1.82) is 0 Å². The number of hydrogen-bond donors (Lipinski definition) is 1. The van der Waals surface area contributed by atoms with E-state index in [-0.39, 0.29) is 17.3 Å². The van der Waals surface area contributed by atoms with Gasteiger partial charge >= 0.3 is 0 Å². The van der Waals surface area contributed by atoms with Gasteiger partial charge in [-0.15, -0.1) is 0 Å². The predicted molar refractivity (Wildman–Crippen MR) is 203 cm³/mol. The van der Waals surface area contributed by atoms with Crippen LogP contribution in [0.5, 0.6) is 0 Å². The molecule has 10 nitrogen and oxygen atoms in total. The normalized spacial score (nSPS) is 16.5. The summed E-state index contributed by atoms with van der Waals surface area (Å²) in [4.78, 5) is 43.1. The van der Waals surface area contributed by atoms with E-state index in [1.807, 2.05) is 48.8 Å². The van der Waals surface area contributed by atoms with Crippen molar-refractivity contribution >= 4 is 45.2 Å². The Labute approximate surface area is 298 Å². The number of nitro benzene ring substituents is 1. The molecule has 1 fully saturated rings. The van der Waals surface area contributed by atoms with E-state index >= 15 is 0 Å². The zero-order valence-corrected chi connectivity index (χ0v) is 29.6. The minimum Gasteiger partial charge on any atom is -0.350 e. The van der Waals surface area contributed by atoms with Crippen LogP contribution in [0.25, 0.3) is 22.3 Å². The Kier molecular flexibility index (Phi) is 10.8. The van der Waals surface area contributed by atoms with Crippen molar-refractivity contribution in [2.24, 2.45) is 0 Å². The standard InChI is InChI=1S/C21H23N3O.C20H21N3O3/c1-15(25)16-8-9-21-20(12-16)22-14-24(21)19-7-3-5-17(11-19)18-6-4-10-23(2)13-18;1-14(24)15-8-9-19(20(12-15)23(25)26)21-18-7-3-5-16(11-18)17-6-4-10-22(2)13-17/h3,5,7-9,11-12,14,18H,4,6,10,13H2,1-2H3;3,5-9,11-12,21H,4,10,13H2,1-2H3. The molecule has 0 bridgehead atoms. The largest absolute Gasteiger partial charge is 0.350 e. The molecule has 7 rings (SSSR count). The number of anilines is 2. The first-order valence-corrected chi connectivity index (χ1v) is 17.4. The van der Waals surface area contributed by atoms with E-state index in [9.17, 15) is 19.7 Å². The fraction of sp³-hybridized carbons (Fsp3) is 0.293. The Bertz CT molecular complexity index is 2120. The van der Waals surface area contributed by atoms with Crippen molar-refractivity contribution < 1.29 is 14.5 Å². The Morgan fingerprint density at radius 3 is 2.39 bits per heavy atom. The van der Waals surface area contributed by atoms with Crippen LogP contribution in [-0.2, 0) is 0 Å². The third kappa shape index (κ3) is 8.48. The quantitative estimate of drug-likeness (QED) is 0.0987. The van der Waals surface area contributed by atoms with Gasteiger partial charge in [-0.25, -0.2) is 4.98 Å². The lowest BCUT2D eigenvalue weighted by Gasteiger charge is -2.30. The number of nitrogens with one attached hydrogen (secondary N) is 1. The average molecular weight is 685 g/mol. The van der Waals surface area contributed by atoms with Crippen LogP contribution in [0.1, 0.15) is 70.9 Å². The van der Waals surface area contributed by atoms with Crippen molar-refractivity contribution in [3.05, 3.63) is 130 Å². The summed E-state index contributed by atoms with van der Waals surface area (Å²) in [6.07, 6.45) is 7.61. The monoisotopic (exact) mass is 684 g/mol. The first-order chi connectivity index (χ1) is 24.5. The maximum atomic E-state index is 11.6. The number of aromatic nitrogens is 2. The summed E-state index contributed by atoms with van der Waals surface area (Å²) < 4.78 is 2.11. The van der Waals surface area contributed by atoms with Gasteiger partial charge in [0.2, 0.25) is 0 Å². The number of piperidine rings is 1. The van der Waals surface area contributed by atoms with Crippen LogP contribution in [0.2, 0.25) is 0 Å². The number of fused-ring (bicyclic) bond motifs is 1. The number of rotatable bonds is 8. The molecule has 1 atom stereocenters. The van der Waals surface area contributed by atoms with Crippen molar-refractivity contribution in [1.82, 2.24) is 19.4 Å². The van der Waals surface area contributed by atoms with Crippen LogP contribution in [-0.4, -0.2) is 76.1 Å². The highest BCUT2D eigenvalue weighted by atomic mass is 16.6. The molecule has 10 heteroatoms. The average Bonchev–Trinajstić information content (AvgIpc) is 3.56. The van der Waals surface area contributed by atoms with Crippen molar-refractivity contribution in [3.63, 3.8) is 0 Å². The molecule has 51 heavy (non-hydrogen) atoms. The number of carbonyl (C=O) groups is 2. The first-order valence-electron chi connectivity index (χ1n) is 17.4. The molecule has 1 unspecified atom stereocenters. The maximum absolute atomic E-state index is 11.6. The lowest BCUT2D eigenvalue weighted by molar-refractivity contribution is -0.383. The molecular formula is C41H44N6O4. The number of carbonyl (C=O) groups excluding carboxylic acids is 2. The van der Waals surface area contributed by atoms with Gasteiger partial charge in [-0.1, -0.05) is 30.3 Å². The van der Waals surface area contributed by atoms with E-state index in [2.05, 4.69) is 69.1 Å². The summed E-state index contributed by atoms with van der Waals surface area (Å²) in [5.74, 6) is 0.465. The highest BCUT2D eigenvalue weighted by Gasteiger charge is 2.20. The highest BCUT2D eigenvalue weighted by molar-refractivity contribution is 5.97. The van der Waals surface area contributed by atoms with E-state index < -0.39 is 4.92 Å². The van der Waals surface area contributed by atoms with Gasteiger partial charge in [0, 0.05) is 48.2 Å². The number of hydrogen-bond acceptors (Lipinski definition) is 8. The molecule has 0 aliphatic carbocycles. The number of benzene rings is 4. The number of likely N-dealkylation sites (tertiary alicyclic amines) is 1. The minimum absolute atomic E-state index is 0.0693. The van der Waals surface area contributed by atoms with Crippen molar-refractivity contribution in [3.8, 4) is 5.69 Å². The molecular weight excluding hydrogens is 640 g/mol. The van der Waals surface area contributed by atoms with E-state index in [1.165, 1.54) is 43.5 Å². The van der Waals surface area contributed by atoms with Gasteiger partial charge in [-0.3, -0.25) is 24.3 Å². The summed E-state index contributed by atoms with van der Waals surface area (Å²) >= 11 is 0. The van der Waals surface area contributed by atoms with Gasteiger partial charge in [0.15, 0.2) is 11.6 Å². The lowest BCUT2D eigenvalue weighted by Crippen LogP contribution is -2.30. The maximum Gasteiger partial charge on any atom is 0.293 e. The summed E-state index contributed by atoms with van der Waals surface area (Å²) in [5, 5.41) is 14.5. The number of nitrogens with zero attached hydrogens (tertiary/aromatic N) is 5.